The molecule has 0 saturated carbocycles. The van der Waals surface area contributed by atoms with Gasteiger partial charge in [0.2, 0.25) is 11.8 Å². The van der Waals surface area contributed by atoms with Gasteiger partial charge in [0.1, 0.15) is 12.1 Å². The molecule has 0 spiro atoms. The molecule has 0 aliphatic heterocycles. The van der Waals surface area contributed by atoms with Gasteiger partial charge in [0.25, 0.3) is 0 Å². The Balaban J connectivity index is 4.96. The van der Waals surface area contributed by atoms with E-state index in [0.717, 1.165) is 5.75 Å². The van der Waals surface area contributed by atoms with Crippen molar-refractivity contribution < 1.29 is 19.5 Å². The number of carbonyl (C=O) groups excluding carboxylic acids is 2. The summed E-state index contributed by atoms with van der Waals surface area (Å²) in [5, 5.41) is 14.5. The molecule has 3 atom stereocenters. The zero-order valence-corrected chi connectivity index (χ0v) is 16.7. The van der Waals surface area contributed by atoms with Crippen molar-refractivity contribution in [2.24, 2.45) is 17.6 Å². The number of aliphatic carboxylic acids is 1. The van der Waals surface area contributed by atoms with E-state index in [1.807, 2.05) is 34.0 Å². The van der Waals surface area contributed by atoms with E-state index in [1.165, 1.54) is 0 Å². The number of nitrogens with one attached hydrogen (secondary N) is 2. The highest BCUT2D eigenvalue weighted by molar-refractivity contribution is 7.98. The van der Waals surface area contributed by atoms with Crippen molar-refractivity contribution in [2.75, 3.05) is 12.0 Å². The zero-order valence-electron chi connectivity index (χ0n) is 15.9. The number of carboxylic acids is 1. The summed E-state index contributed by atoms with van der Waals surface area (Å²) in [5.74, 6) is -0.900. The molecule has 0 rings (SSSR count). The molecule has 146 valence electrons. The first-order chi connectivity index (χ1) is 11.6. The van der Waals surface area contributed by atoms with Gasteiger partial charge in [-0.3, -0.25) is 9.59 Å². The van der Waals surface area contributed by atoms with Gasteiger partial charge in [-0.2, -0.15) is 11.8 Å². The first kappa shape index (κ1) is 23.7. The summed E-state index contributed by atoms with van der Waals surface area (Å²) in [7, 11) is 0. The molecule has 2 amide bonds. The molecule has 0 radical (unpaired) electrons. The molecule has 0 heterocycles. The molecule has 5 N–H and O–H groups in total. The molecular weight excluding hydrogens is 342 g/mol. The fraction of sp³-hybridized carbons (Fsp3) is 0.824. The van der Waals surface area contributed by atoms with E-state index in [1.54, 1.807) is 11.8 Å². The molecule has 0 aromatic carbocycles. The van der Waals surface area contributed by atoms with Gasteiger partial charge in [0.15, 0.2) is 0 Å². The number of nitrogens with two attached hydrogens (primary N) is 1. The maximum absolute atomic E-state index is 12.5. The summed E-state index contributed by atoms with van der Waals surface area (Å²) in [6.07, 6.45) is 3.20. The molecule has 8 heteroatoms. The van der Waals surface area contributed by atoms with Gasteiger partial charge >= 0.3 is 5.97 Å². The molecular formula is C17H33N3O4S. The predicted molar refractivity (Wildman–Crippen MR) is 101 cm³/mol. The Bertz CT molecular complexity index is 444. The summed E-state index contributed by atoms with van der Waals surface area (Å²) in [5.41, 5.74) is 5.85. The Hall–Kier alpha value is -1.28. The number of amides is 2. The lowest BCUT2D eigenvalue weighted by Crippen LogP contribution is -2.55. The lowest BCUT2D eigenvalue weighted by molar-refractivity contribution is -0.142. The van der Waals surface area contributed by atoms with Crippen molar-refractivity contribution in [1.29, 1.82) is 0 Å². The van der Waals surface area contributed by atoms with Crippen LogP contribution in [0.3, 0.4) is 0 Å². The van der Waals surface area contributed by atoms with Gasteiger partial charge in [-0.15, -0.1) is 0 Å². The number of hydrogen-bond donors (Lipinski definition) is 4. The third-order valence-corrected chi connectivity index (χ3v) is 4.28. The molecule has 0 fully saturated rings. The van der Waals surface area contributed by atoms with E-state index in [-0.39, 0.29) is 17.7 Å². The highest BCUT2D eigenvalue weighted by Gasteiger charge is 2.28. The minimum Gasteiger partial charge on any atom is -0.480 e. The van der Waals surface area contributed by atoms with Crippen LogP contribution in [0.4, 0.5) is 0 Å². The molecule has 0 aromatic rings. The number of hydrogen-bond acceptors (Lipinski definition) is 5. The molecule has 7 nitrogen and oxygen atoms in total. The average Bonchev–Trinajstić information content (AvgIpc) is 2.49. The average molecular weight is 376 g/mol. The minimum absolute atomic E-state index is 0.125. The van der Waals surface area contributed by atoms with E-state index >= 15 is 0 Å². The Morgan fingerprint density at radius 2 is 1.44 bits per heavy atom. The predicted octanol–water partition coefficient (Wildman–Crippen LogP) is 1.21. The van der Waals surface area contributed by atoms with Crippen LogP contribution in [0.15, 0.2) is 0 Å². The highest BCUT2D eigenvalue weighted by Crippen LogP contribution is 2.09. The smallest absolute Gasteiger partial charge is 0.326 e. The second-order valence-electron chi connectivity index (χ2n) is 7.11. The lowest BCUT2D eigenvalue weighted by atomic mass is 10.00. The van der Waals surface area contributed by atoms with Gasteiger partial charge in [-0.1, -0.05) is 27.7 Å². The van der Waals surface area contributed by atoms with Crippen molar-refractivity contribution in [3.63, 3.8) is 0 Å². The van der Waals surface area contributed by atoms with E-state index < -0.39 is 30.0 Å². The summed E-state index contributed by atoms with van der Waals surface area (Å²) in [4.78, 5) is 36.1. The van der Waals surface area contributed by atoms with Crippen molar-refractivity contribution in [3.8, 4) is 0 Å². The third-order valence-electron chi connectivity index (χ3n) is 3.63. The molecule has 0 aromatic heterocycles. The van der Waals surface area contributed by atoms with Crippen molar-refractivity contribution >= 4 is 29.5 Å². The molecule has 0 saturated heterocycles. The SMILES string of the molecule is CSCCC(N)C(=O)NC(CC(C)C)C(=O)NC(CC(C)C)C(=O)O. The van der Waals surface area contributed by atoms with Crippen molar-refractivity contribution in [3.05, 3.63) is 0 Å². The number of rotatable bonds is 12. The Labute approximate surface area is 154 Å². The van der Waals surface area contributed by atoms with E-state index in [2.05, 4.69) is 10.6 Å². The second-order valence-corrected chi connectivity index (χ2v) is 8.09. The van der Waals surface area contributed by atoms with E-state index in [9.17, 15) is 19.5 Å². The summed E-state index contributed by atoms with van der Waals surface area (Å²) in [6, 6.07) is -2.44. The topological polar surface area (TPSA) is 122 Å². The highest BCUT2D eigenvalue weighted by atomic mass is 32.2. The van der Waals surface area contributed by atoms with Crippen molar-refractivity contribution in [2.45, 2.75) is 65.1 Å². The quantitative estimate of drug-likeness (QED) is 0.407. The molecule has 0 aliphatic carbocycles. The maximum atomic E-state index is 12.5. The van der Waals surface area contributed by atoms with Crippen LogP contribution in [0.5, 0.6) is 0 Å². The van der Waals surface area contributed by atoms with Crippen LogP contribution in [-0.4, -0.2) is 53.0 Å². The standard InChI is InChI=1S/C17H33N3O4S/c1-10(2)8-13(19-15(21)12(18)6-7-25-5)16(22)20-14(17(23)24)9-11(3)4/h10-14H,6-9,18H2,1-5H3,(H,19,21)(H,20,22)(H,23,24). The van der Waals surface area contributed by atoms with Crippen LogP contribution in [0.1, 0.15) is 47.0 Å². The Morgan fingerprint density at radius 3 is 1.88 bits per heavy atom. The minimum atomic E-state index is -1.08. The van der Waals surface area contributed by atoms with Crippen molar-refractivity contribution in [1.82, 2.24) is 10.6 Å². The first-order valence-electron chi connectivity index (χ1n) is 8.66. The van der Waals surface area contributed by atoms with Crippen LogP contribution < -0.4 is 16.4 Å². The van der Waals surface area contributed by atoms with Crippen LogP contribution in [0, 0.1) is 11.8 Å². The second kappa shape index (κ2) is 12.1. The number of carbonyl (C=O) groups is 3. The van der Waals surface area contributed by atoms with Gasteiger partial charge in [0, 0.05) is 0 Å². The summed E-state index contributed by atoms with van der Waals surface area (Å²) >= 11 is 1.60. The number of thioether (sulfide) groups is 1. The van der Waals surface area contributed by atoms with Crippen LogP contribution in [0.2, 0.25) is 0 Å². The maximum Gasteiger partial charge on any atom is 0.326 e. The van der Waals surface area contributed by atoms with Gasteiger partial charge in [-0.25, -0.2) is 4.79 Å². The monoisotopic (exact) mass is 375 g/mol. The molecule has 0 aliphatic rings. The van der Waals surface area contributed by atoms with E-state index in [4.69, 9.17) is 5.73 Å². The fourth-order valence-corrected chi connectivity index (χ4v) is 2.81. The summed E-state index contributed by atoms with van der Waals surface area (Å²) in [6.45, 7) is 7.65. The Morgan fingerprint density at radius 1 is 0.960 bits per heavy atom. The molecule has 0 bridgehead atoms. The van der Waals surface area contributed by atoms with Crippen LogP contribution in [-0.2, 0) is 14.4 Å². The van der Waals surface area contributed by atoms with E-state index in [0.29, 0.717) is 19.3 Å². The first-order valence-corrected chi connectivity index (χ1v) is 10.1. The Kier molecular flexibility index (Phi) is 11.5. The van der Waals surface area contributed by atoms with Crippen LogP contribution >= 0.6 is 11.8 Å². The van der Waals surface area contributed by atoms with Gasteiger partial charge < -0.3 is 21.5 Å². The normalized spacial score (nSPS) is 14.9. The fourth-order valence-electron chi connectivity index (χ4n) is 2.32. The third kappa shape index (κ3) is 10.3. The molecule has 25 heavy (non-hydrogen) atoms. The van der Waals surface area contributed by atoms with Gasteiger partial charge in [0.05, 0.1) is 6.04 Å². The molecule has 3 unspecified atom stereocenters. The van der Waals surface area contributed by atoms with Crippen LogP contribution in [0.25, 0.3) is 0 Å². The van der Waals surface area contributed by atoms with Gasteiger partial charge in [-0.05, 0) is 43.1 Å². The lowest BCUT2D eigenvalue weighted by Gasteiger charge is -2.24. The summed E-state index contributed by atoms with van der Waals surface area (Å²) < 4.78 is 0. The zero-order chi connectivity index (χ0) is 19.6. The largest absolute Gasteiger partial charge is 0.480 e. The number of carboxylic acid groups (broad SMARTS) is 1.